The summed E-state index contributed by atoms with van der Waals surface area (Å²) in [6, 6.07) is -0.354. The van der Waals surface area contributed by atoms with Crippen LogP contribution in [0.4, 0.5) is 4.79 Å². The summed E-state index contributed by atoms with van der Waals surface area (Å²) in [5, 5.41) is 11.7. The smallest absolute Gasteiger partial charge is 0.317 e. The highest BCUT2D eigenvalue weighted by atomic mass is 16.4. The number of carbonyl (C=O) groups excluding carboxylic acids is 1. The van der Waals surface area contributed by atoms with Crippen molar-refractivity contribution in [1.82, 2.24) is 10.2 Å². The van der Waals surface area contributed by atoms with Gasteiger partial charge >= 0.3 is 12.0 Å². The van der Waals surface area contributed by atoms with Crippen LogP contribution in [0, 0.1) is 5.92 Å². The fourth-order valence-corrected chi connectivity index (χ4v) is 2.59. The van der Waals surface area contributed by atoms with Crippen LogP contribution >= 0.6 is 0 Å². The Balaban J connectivity index is 2.41. The molecule has 5 heteroatoms. The summed E-state index contributed by atoms with van der Waals surface area (Å²) in [6.45, 7) is 5.75. The lowest BCUT2D eigenvalue weighted by molar-refractivity contribution is -0.137. The van der Waals surface area contributed by atoms with Gasteiger partial charge in [0.05, 0.1) is 6.42 Å². The number of nitrogens with one attached hydrogen (secondary N) is 1. The molecule has 1 heterocycles. The van der Waals surface area contributed by atoms with Gasteiger partial charge in [-0.3, -0.25) is 4.79 Å². The van der Waals surface area contributed by atoms with E-state index in [1.807, 2.05) is 11.8 Å². The van der Waals surface area contributed by atoms with Crippen molar-refractivity contribution in [1.29, 1.82) is 0 Å². The number of piperidine rings is 1. The van der Waals surface area contributed by atoms with Crippen molar-refractivity contribution in [3.8, 4) is 0 Å². The highest BCUT2D eigenvalue weighted by Gasteiger charge is 2.24. The zero-order valence-corrected chi connectivity index (χ0v) is 12.0. The zero-order valence-electron chi connectivity index (χ0n) is 12.0. The molecule has 1 atom stereocenters. The number of nitrogens with zero attached hydrogens (tertiary/aromatic N) is 1. The molecular weight excluding hydrogens is 244 g/mol. The summed E-state index contributed by atoms with van der Waals surface area (Å²) in [4.78, 5) is 24.7. The van der Waals surface area contributed by atoms with Crippen LogP contribution in [-0.4, -0.2) is 41.1 Å². The first kappa shape index (κ1) is 15.8. The molecule has 2 N–H and O–H groups in total. The fraction of sp³-hybridized carbons (Fsp3) is 0.857. The molecule has 1 aliphatic rings. The molecule has 0 bridgehead atoms. The van der Waals surface area contributed by atoms with E-state index in [4.69, 9.17) is 5.11 Å². The maximum atomic E-state index is 12.1. The van der Waals surface area contributed by atoms with E-state index in [-0.39, 0.29) is 18.5 Å². The second kappa shape index (κ2) is 8.02. The van der Waals surface area contributed by atoms with E-state index >= 15 is 0 Å². The van der Waals surface area contributed by atoms with E-state index < -0.39 is 5.97 Å². The topological polar surface area (TPSA) is 69.6 Å². The first-order valence-electron chi connectivity index (χ1n) is 7.34. The Kier molecular flexibility index (Phi) is 6.67. The third-order valence-electron chi connectivity index (χ3n) is 3.86. The van der Waals surface area contributed by atoms with Gasteiger partial charge in [0.25, 0.3) is 0 Å². The van der Waals surface area contributed by atoms with E-state index in [1.54, 1.807) is 0 Å². The summed E-state index contributed by atoms with van der Waals surface area (Å²) in [6.07, 6.45) is 4.88. The maximum Gasteiger partial charge on any atom is 0.317 e. The third-order valence-corrected chi connectivity index (χ3v) is 3.86. The second-order valence-electron chi connectivity index (χ2n) is 5.37. The second-order valence-corrected chi connectivity index (χ2v) is 5.37. The number of amides is 2. The maximum absolute atomic E-state index is 12.1. The van der Waals surface area contributed by atoms with Crippen molar-refractivity contribution in [3.63, 3.8) is 0 Å². The van der Waals surface area contributed by atoms with Gasteiger partial charge in [0.15, 0.2) is 0 Å². The van der Waals surface area contributed by atoms with Gasteiger partial charge in [0.2, 0.25) is 0 Å². The molecule has 0 aliphatic carbocycles. The number of rotatable bonds is 6. The van der Waals surface area contributed by atoms with Crippen LogP contribution in [0.25, 0.3) is 0 Å². The van der Waals surface area contributed by atoms with Crippen molar-refractivity contribution in [2.75, 3.05) is 13.1 Å². The highest BCUT2D eigenvalue weighted by Crippen LogP contribution is 2.20. The van der Waals surface area contributed by atoms with Crippen molar-refractivity contribution in [3.05, 3.63) is 0 Å². The van der Waals surface area contributed by atoms with Gasteiger partial charge in [-0.05, 0) is 25.2 Å². The first-order valence-corrected chi connectivity index (χ1v) is 7.34. The van der Waals surface area contributed by atoms with E-state index in [0.29, 0.717) is 6.42 Å². The predicted molar refractivity (Wildman–Crippen MR) is 74.1 cm³/mol. The number of aliphatic carboxylic acids is 1. The van der Waals surface area contributed by atoms with Gasteiger partial charge in [-0.25, -0.2) is 4.79 Å². The molecular formula is C14H26N2O3. The SMILES string of the molecule is CCCC(CC(=O)O)NC(=O)N1CCC(CC)CC1. The Hall–Kier alpha value is -1.26. The average molecular weight is 270 g/mol. The van der Waals surface area contributed by atoms with Gasteiger partial charge in [-0.2, -0.15) is 0 Å². The molecule has 5 nitrogen and oxygen atoms in total. The first-order chi connectivity index (χ1) is 9.06. The van der Waals surface area contributed by atoms with Crippen molar-refractivity contribution >= 4 is 12.0 Å². The van der Waals surface area contributed by atoms with E-state index in [0.717, 1.165) is 38.3 Å². The lowest BCUT2D eigenvalue weighted by Crippen LogP contribution is -2.48. The number of likely N-dealkylation sites (tertiary alicyclic amines) is 1. The molecule has 2 amide bonds. The number of carboxylic acids is 1. The van der Waals surface area contributed by atoms with E-state index in [2.05, 4.69) is 12.2 Å². The largest absolute Gasteiger partial charge is 0.481 e. The zero-order chi connectivity index (χ0) is 14.3. The molecule has 0 spiro atoms. The Morgan fingerprint density at radius 1 is 1.32 bits per heavy atom. The van der Waals surface area contributed by atoms with Crippen molar-refractivity contribution in [2.24, 2.45) is 5.92 Å². The van der Waals surface area contributed by atoms with Crippen LogP contribution in [0.5, 0.6) is 0 Å². The van der Waals surface area contributed by atoms with Crippen molar-refractivity contribution in [2.45, 2.75) is 58.4 Å². The fourth-order valence-electron chi connectivity index (χ4n) is 2.59. The molecule has 1 fully saturated rings. The van der Waals surface area contributed by atoms with Crippen LogP contribution in [0.3, 0.4) is 0 Å². The Morgan fingerprint density at radius 2 is 1.95 bits per heavy atom. The van der Waals surface area contributed by atoms with Gasteiger partial charge in [0, 0.05) is 19.1 Å². The number of carboxylic acid groups (broad SMARTS) is 1. The quantitative estimate of drug-likeness (QED) is 0.779. The molecule has 1 saturated heterocycles. The Bertz CT molecular complexity index is 299. The Labute approximate surface area is 115 Å². The molecule has 0 saturated carbocycles. The van der Waals surface area contributed by atoms with Gasteiger partial charge < -0.3 is 15.3 Å². The molecule has 110 valence electrons. The average Bonchev–Trinajstić information content (AvgIpc) is 2.38. The lowest BCUT2D eigenvalue weighted by atomic mass is 9.95. The number of carbonyl (C=O) groups is 2. The highest BCUT2D eigenvalue weighted by molar-refractivity contribution is 5.76. The standard InChI is InChI=1S/C14H26N2O3/c1-3-5-12(10-13(17)18)15-14(19)16-8-6-11(4-2)7-9-16/h11-12H,3-10H2,1-2H3,(H,15,19)(H,17,18). The monoisotopic (exact) mass is 270 g/mol. The van der Waals surface area contributed by atoms with Crippen LogP contribution in [0.15, 0.2) is 0 Å². The number of hydrogen-bond donors (Lipinski definition) is 2. The predicted octanol–water partition coefficient (Wildman–Crippen LogP) is 2.46. The molecule has 1 aliphatic heterocycles. The van der Waals surface area contributed by atoms with Gasteiger partial charge in [-0.1, -0.05) is 26.7 Å². The van der Waals surface area contributed by atoms with Crippen LogP contribution in [0.1, 0.15) is 52.4 Å². The molecule has 0 aromatic rings. The minimum absolute atomic E-state index is 0.00497. The third kappa shape index (κ3) is 5.49. The number of hydrogen-bond acceptors (Lipinski definition) is 2. The lowest BCUT2D eigenvalue weighted by Gasteiger charge is -2.32. The number of urea groups is 1. The Morgan fingerprint density at radius 3 is 2.42 bits per heavy atom. The minimum atomic E-state index is -0.858. The van der Waals surface area contributed by atoms with Crippen LogP contribution in [-0.2, 0) is 4.79 Å². The van der Waals surface area contributed by atoms with E-state index in [1.165, 1.54) is 6.42 Å². The summed E-state index contributed by atoms with van der Waals surface area (Å²) in [7, 11) is 0. The van der Waals surface area contributed by atoms with Gasteiger partial charge in [-0.15, -0.1) is 0 Å². The molecule has 19 heavy (non-hydrogen) atoms. The van der Waals surface area contributed by atoms with E-state index in [9.17, 15) is 9.59 Å². The summed E-state index contributed by atoms with van der Waals surface area (Å²) in [5.74, 6) is -0.127. The minimum Gasteiger partial charge on any atom is -0.481 e. The molecule has 1 unspecified atom stereocenters. The van der Waals surface area contributed by atoms with Gasteiger partial charge in [0.1, 0.15) is 0 Å². The molecule has 1 rings (SSSR count). The summed E-state index contributed by atoms with van der Waals surface area (Å²) < 4.78 is 0. The van der Waals surface area contributed by atoms with Crippen molar-refractivity contribution < 1.29 is 14.7 Å². The normalized spacial score (nSPS) is 18.1. The summed E-state index contributed by atoms with van der Waals surface area (Å²) >= 11 is 0. The molecule has 0 aromatic heterocycles. The summed E-state index contributed by atoms with van der Waals surface area (Å²) in [5.41, 5.74) is 0. The molecule has 0 radical (unpaired) electrons. The van der Waals surface area contributed by atoms with Crippen LogP contribution in [0.2, 0.25) is 0 Å². The van der Waals surface area contributed by atoms with Crippen LogP contribution < -0.4 is 5.32 Å². The molecule has 0 aromatic carbocycles.